The summed E-state index contributed by atoms with van der Waals surface area (Å²) in [4.78, 5) is 23.5. The number of hydrogen-bond donors (Lipinski definition) is 3. The van der Waals surface area contributed by atoms with Crippen molar-refractivity contribution in [1.29, 1.82) is 0 Å². The van der Waals surface area contributed by atoms with Gasteiger partial charge in [-0.25, -0.2) is 4.79 Å². The van der Waals surface area contributed by atoms with Crippen molar-refractivity contribution in [1.82, 2.24) is 10.6 Å². The van der Waals surface area contributed by atoms with Crippen LogP contribution in [0.25, 0.3) is 0 Å². The van der Waals surface area contributed by atoms with Crippen LogP contribution in [0, 0.1) is 5.41 Å². The number of rotatable bonds is 4. The fraction of sp³-hybridized carbons (Fsp3) is 0.867. The van der Waals surface area contributed by atoms with Crippen molar-refractivity contribution in [3.05, 3.63) is 0 Å². The van der Waals surface area contributed by atoms with Crippen molar-refractivity contribution in [2.75, 3.05) is 6.54 Å². The van der Waals surface area contributed by atoms with Gasteiger partial charge in [-0.3, -0.25) is 4.79 Å². The molecule has 0 atom stereocenters. The zero-order valence-electron chi connectivity index (χ0n) is 12.3. The number of hydrogen-bond acceptors (Lipinski definition) is 2. The van der Waals surface area contributed by atoms with Crippen LogP contribution < -0.4 is 10.6 Å². The Morgan fingerprint density at radius 1 is 1.00 bits per heavy atom. The molecule has 114 valence electrons. The average Bonchev–Trinajstić information content (AvgIpc) is 2.84. The van der Waals surface area contributed by atoms with E-state index < -0.39 is 11.4 Å². The molecule has 0 aromatic rings. The highest BCUT2D eigenvalue weighted by Gasteiger charge is 2.40. The average molecular weight is 282 g/mol. The summed E-state index contributed by atoms with van der Waals surface area (Å²) in [5.74, 6) is -0.774. The minimum atomic E-state index is -0.774. The number of urea groups is 1. The number of carbonyl (C=O) groups is 2. The minimum absolute atomic E-state index is 0.118. The molecular weight excluding hydrogens is 256 g/mol. The molecule has 0 spiro atoms. The smallest absolute Gasteiger partial charge is 0.315 e. The van der Waals surface area contributed by atoms with Gasteiger partial charge in [-0.05, 0) is 32.6 Å². The molecule has 5 nitrogen and oxygen atoms in total. The monoisotopic (exact) mass is 282 g/mol. The summed E-state index contributed by atoms with van der Waals surface area (Å²) in [6.45, 7) is 2.30. The lowest BCUT2D eigenvalue weighted by atomic mass is 9.74. The summed E-state index contributed by atoms with van der Waals surface area (Å²) in [7, 11) is 0. The van der Waals surface area contributed by atoms with Crippen LogP contribution in [0.4, 0.5) is 4.79 Å². The van der Waals surface area contributed by atoms with E-state index in [0.29, 0.717) is 12.8 Å². The molecule has 0 saturated heterocycles. The van der Waals surface area contributed by atoms with E-state index in [1.54, 1.807) is 0 Å². The highest BCUT2D eigenvalue weighted by atomic mass is 16.4. The number of carbonyl (C=O) groups excluding carboxylic acids is 1. The van der Waals surface area contributed by atoms with E-state index in [9.17, 15) is 14.7 Å². The molecular formula is C15H26N2O3. The normalized spacial score (nSPS) is 24.1. The predicted octanol–water partition coefficient (Wildman–Crippen LogP) is 2.65. The molecule has 2 aliphatic carbocycles. The Morgan fingerprint density at radius 3 is 2.10 bits per heavy atom. The highest BCUT2D eigenvalue weighted by Crippen LogP contribution is 2.36. The van der Waals surface area contributed by atoms with Gasteiger partial charge in [0, 0.05) is 12.1 Å². The predicted molar refractivity (Wildman–Crippen MR) is 76.6 cm³/mol. The third-order valence-electron chi connectivity index (χ3n) is 4.97. The zero-order chi connectivity index (χ0) is 14.6. The van der Waals surface area contributed by atoms with E-state index in [2.05, 4.69) is 17.6 Å². The first-order valence-corrected chi connectivity index (χ1v) is 7.75. The Labute approximate surface area is 120 Å². The van der Waals surface area contributed by atoms with E-state index in [4.69, 9.17) is 0 Å². The second kappa shape index (κ2) is 6.02. The number of nitrogens with one attached hydrogen (secondary N) is 2. The molecule has 0 aromatic carbocycles. The van der Waals surface area contributed by atoms with Crippen LogP contribution in [0.1, 0.15) is 64.7 Å². The molecule has 0 aromatic heterocycles. The van der Waals surface area contributed by atoms with Gasteiger partial charge in [0.15, 0.2) is 0 Å². The molecule has 0 aliphatic heterocycles. The molecule has 0 unspecified atom stereocenters. The van der Waals surface area contributed by atoms with Crippen LogP contribution in [0.5, 0.6) is 0 Å². The van der Waals surface area contributed by atoms with Gasteiger partial charge in [0.1, 0.15) is 0 Å². The van der Waals surface area contributed by atoms with Crippen molar-refractivity contribution < 1.29 is 14.7 Å². The van der Waals surface area contributed by atoms with Gasteiger partial charge in [0.2, 0.25) is 0 Å². The van der Waals surface area contributed by atoms with Crippen molar-refractivity contribution in [3.8, 4) is 0 Å². The zero-order valence-corrected chi connectivity index (χ0v) is 12.3. The van der Waals surface area contributed by atoms with Gasteiger partial charge in [0.05, 0.1) is 5.41 Å². The third-order valence-corrected chi connectivity index (χ3v) is 4.97. The van der Waals surface area contributed by atoms with Gasteiger partial charge < -0.3 is 15.7 Å². The van der Waals surface area contributed by atoms with Crippen LogP contribution >= 0.6 is 0 Å². The number of carboxylic acids is 1. The third kappa shape index (κ3) is 3.44. The van der Waals surface area contributed by atoms with Crippen LogP contribution in [-0.4, -0.2) is 29.2 Å². The molecule has 2 aliphatic rings. The van der Waals surface area contributed by atoms with E-state index in [-0.39, 0.29) is 18.1 Å². The van der Waals surface area contributed by atoms with Crippen molar-refractivity contribution in [2.45, 2.75) is 70.3 Å². The molecule has 5 heteroatoms. The first-order valence-electron chi connectivity index (χ1n) is 7.75. The quantitative estimate of drug-likeness (QED) is 0.741. The van der Waals surface area contributed by atoms with E-state index >= 15 is 0 Å². The maximum Gasteiger partial charge on any atom is 0.315 e. The summed E-state index contributed by atoms with van der Waals surface area (Å²) in [6, 6.07) is -0.222. The molecule has 2 saturated carbocycles. The molecule has 0 bridgehead atoms. The van der Waals surface area contributed by atoms with Crippen LogP contribution in [-0.2, 0) is 4.79 Å². The SMILES string of the molecule is CC1(NC(=O)NCC2(C(=O)O)CCCCC2)CCCC1. The Hall–Kier alpha value is -1.26. The topological polar surface area (TPSA) is 78.4 Å². The van der Waals surface area contributed by atoms with Gasteiger partial charge in [-0.15, -0.1) is 0 Å². The van der Waals surface area contributed by atoms with E-state index in [0.717, 1.165) is 44.9 Å². The minimum Gasteiger partial charge on any atom is -0.481 e. The second-order valence-electron chi connectivity index (χ2n) is 6.72. The summed E-state index contributed by atoms with van der Waals surface area (Å²) >= 11 is 0. The number of aliphatic carboxylic acids is 1. The molecule has 2 amide bonds. The summed E-state index contributed by atoms with van der Waals surface area (Å²) in [6.07, 6.45) is 8.61. The van der Waals surface area contributed by atoms with Crippen LogP contribution in [0.15, 0.2) is 0 Å². The standard InChI is InChI=1S/C15H26N2O3/c1-14(7-5-6-8-14)17-13(20)16-11-15(12(18)19)9-3-2-4-10-15/h2-11H2,1H3,(H,18,19)(H2,16,17,20). The molecule has 3 N–H and O–H groups in total. The van der Waals surface area contributed by atoms with Gasteiger partial charge >= 0.3 is 12.0 Å². The highest BCUT2D eigenvalue weighted by molar-refractivity contribution is 5.78. The van der Waals surface area contributed by atoms with Crippen molar-refractivity contribution in [2.24, 2.45) is 5.41 Å². The molecule has 0 radical (unpaired) electrons. The van der Waals surface area contributed by atoms with Crippen LogP contribution in [0.2, 0.25) is 0 Å². The largest absolute Gasteiger partial charge is 0.481 e. The van der Waals surface area contributed by atoms with E-state index in [1.165, 1.54) is 0 Å². The van der Waals surface area contributed by atoms with Crippen LogP contribution in [0.3, 0.4) is 0 Å². The van der Waals surface area contributed by atoms with Crippen molar-refractivity contribution >= 4 is 12.0 Å². The van der Waals surface area contributed by atoms with Crippen molar-refractivity contribution in [3.63, 3.8) is 0 Å². The molecule has 20 heavy (non-hydrogen) atoms. The lowest BCUT2D eigenvalue weighted by Gasteiger charge is -2.34. The molecule has 2 rings (SSSR count). The Kier molecular flexibility index (Phi) is 4.55. The van der Waals surface area contributed by atoms with Gasteiger partial charge in [-0.2, -0.15) is 0 Å². The first kappa shape index (κ1) is 15.1. The fourth-order valence-corrected chi connectivity index (χ4v) is 3.54. The fourth-order valence-electron chi connectivity index (χ4n) is 3.54. The van der Waals surface area contributed by atoms with Gasteiger partial charge in [-0.1, -0.05) is 32.1 Å². The number of carboxylic acid groups (broad SMARTS) is 1. The summed E-state index contributed by atoms with van der Waals surface area (Å²) in [5.41, 5.74) is -0.876. The lowest BCUT2D eigenvalue weighted by molar-refractivity contribution is -0.150. The summed E-state index contributed by atoms with van der Waals surface area (Å²) < 4.78 is 0. The Morgan fingerprint density at radius 2 is 1.55 bits per heavy atom. The van der Waals surface area contributed by atoms with Gasteiger partial charge in [0.25, 0.3) is 0 Å². The Bertz CT molecular complexity index is 369. The lowest BCUT2D eigenvalue weighted by Crippen LogP contribution is -2.52. The molecule has 0 heterocycles. The maximum atomic E-state index is 12.0. The Balaban J connectivity index is 1.86. The summed E-state index contributed by atoms with van der Waals surface area (Å²) in [5, 5.41) is 15.3. The maximum absolute atomic E-state index is 12.0. The number of amides is 2. The molecule has 2 fully saturated rings. The first-order chi connectivity index (χ1) is 9.46. The second-order valence-corrected chi connectivity index (χ2v) is 6.72. The van der Waals surface area contributed by atoms with E-state index in [1.807, 2.05) is 0 Å².